The average Bonchev–Trinajstić information content (AvgIpc) is 2.97. The van der Waals surface area contributed by atoms with Crippen molar-refractivity contribution in [3.05, 3.63) is 52.9 Å². The Hall–Kier alpha value is -1.74. The predicted molar refractivity (Wildman–Crippen MR) is 69.9 cm³/mol. The molecule has 3 rings (SSSR count). The van der Waals surface area contributed by atoms with E-state index in [1.807, 2.05) is 6.20 Å². The number of nitrogens with one attached hydrogen (secondary N) is 2. The fourth-order valence-corrected chi connectivity index (χ4v) is 2.48. The fourth-order valence-electron chi connectivity index (χ4n) is 1.87. The molecule has 1 aromatic carbocycles. The van der Waals surface area contributed by atoms with E-state index in [0.29, 0.717) is 0 Å². The minimum atomic E-state index is 0.867. The van der Waals surface area contributed by atoms with Crippen LogP contribution in [0.3, 0.4) is 0 Å². The average molecular weight is 228 g/mol. The molecule has 0 fully saturated rings. The molecule has 0 radical (unpaired) electrons. The number of aromatic nitrogens is 1. The third-order valence-electron chi connectivity index (χ3n) is 2.69. The van der Waals surface area contributed by atoms with E-state index in [2.05, 4.69) is 51.4 Å². The Balaban J connectivity index is 1.86. The molecular formula is C13H12N2S. The van der Waals surface area contributed by atoms with Crippen LogP contribution < -0.4 is 5.32 Å². The van der Waals surface area contributed by atoms with E-state index in [0.717, 1.165) is 6.54 Å². The number of benzene rings is 1. The zero-order valence-corrected chi connectivity index (χ0v) is 9.55. The third-order valence-corrected chi connectivity index (χ3v) is 3.37. The molecule has 0 spiro atoms. The summed E-state index contributed by atoms with van der Waals surface area (Å²) in [7, 11) is 0. The molecule has 0 atom stereocenters. The van der Waals surface area contributed by atoms with Crippen molar-refractivity contribution in [1.29, 1.82) is 0 Å². The van der Waals surface area contributed by atoms with Crippen molar-refractivity contribution in [2.24, 2.45) is 0 Å². The van der Waals surface area contributed by atoms with E-state index in [-0.39, 0.29) is 0 Å². The van der Waals surface area contributed by atoms with Gasteiger partial charge in [0.15, 0.2) is 0 Å². The van der Waals surface area contributed by atoms with Gasteiger partial charge in [-0.15, -0.1) is 0 Å². The molecule has 16 heavy (non-hydrogen) atoms. The van der Waals surface area contributed by atoms with Gasteiger partial charge in [-0.3, -0.25) is 0 Å². The van der Waals surface area contributed by atoms with E-state index in [9.17, 15) is 0 Å². The molecule has 3 heteroatoms. The highest BCUT2D eigenvalue weighted by Crippen LogP contribution is 2.19. The van der Waals surface area contributed by atoms with Crippen molar-refractivity contribution in [2.75, 3.05) is 5.32 Å². The lowest BCUT2D eigenvalue weighted by Gasteiger charge is -2.05. The molecule has 2 N–H and O–H groups in total. The van der Waals surface area contributed by atoms with Crippen LogP contribution in [0.2, 0.25) is 0 Å². The maximum absolute atomic E-state index is 3.42. The first-order valence-electron chi connectivity index (χ1n) is 5.24. The van der Waals surface area contributed by atoms with Gasteiger partial charge in [0.1, 0.15) is 0 Å². The standard InChI is InChI=1S/C13H12N2S/c1-2-10(8-15-11-5-7-16-9-11)12-4-6-14-13(12)3-1/h1-7,9,14-15H,8H2. The lowest BCUT2D eigenvalue weighted by molar-refractivity contribution is 1.17. The number of anilines is 1. The molecule has 80 valence electrons. The van der Waals surface area contributed by atoms with E-state index in [4.69, 9.17) is 0 Å². The van der Waals surface area contributed by atoms with Gasteiger partial charge in [-0.25, -0.2) is 0 Å². The van der Waals surface area contributed by atoms with Gasteiger partial charge in [-0.1, -0.05) is 12.1 Å². The molecule has 0 bridgehead atoms. The molecule has 0 saturated heterocycles. The molecule has 0 aliphatic carbocycles. The van der Waals surface area contributed by atoms with Gasteiger partial charge in [0.05, 0.1) is 0 Å². The second kappa shape index (κ2) is 4.02. The first-order chi connectivity index (χ1) is 7.93. The van der Waals surface area contributed by atoms with Crippen molar-refractivity contribution in [3.63, 3.8) is 0 Å². The van der Waals surface area contributed by atoms with Crippen molar-refractivity contribution in [1.82, 2.24) is 4.98 Å². The van der Waals surface area contributed by atoms with Crippen LogP contribution in [0.1, 0.15) is 5.56 Å². The Kier molecular flexibility index (Phi) is 2.38. The molecule has 2 heterocycles. The molecule has 0 unspecified atom stereocenters. The highest BCUT2D eigenvalue weighted by molar-refractivity contribution is 7.08. The summed E-state index contributed by atoms with van der Waals surface area (Å²) in [5.41, 5.74) is 3.71. The molecule has 0 aliphatic rings. The lowest BCUT2D eigenvalue weighted by atomic mass is 10.1. The zero-order valence-electron chi connectivity index (χ0n) is 8.73. The van der Waals surface area contributed by atoms with Crippen LogP contribution in [0.4, 0.5) is 5.69 Å². The van der Waals surface area contributed by atoms with Crippen molar-refractivity contribution < 1.29 is 0 Å². The van der Waals surface area contributed by atoms with Crippen molar-refractivity contribution in [2.45, 2.75) is 6.54 Å². The maximum Gasteiger partial charge on any atom is 0.0457 e. The number of H-pyrrole nitrogens is 1. The molecule has 0 aliphatic heterocycles. The van der Waals surface area contributed by atoms with E-state index in [1.165, 1.54) is 22.2 Å². The van der Waals surface area contributed by atoms with Crippen LogP contribution in [-0.4, -0.2) is 4.98 Å². The Labute approximate surface area is 97.9 Å². The van der Waals surface area contributed by atoms with Crippen LogP contribution in [0.25, 0.3) is 10.9 Å². The van der Waals surface area contributed by atoms with Gasteiger partial charge < -0.3 is 10.3 Å². The summed E-state index contributed by atoms with van der Waals surface area (Å²) in [5, 5.41) is 8.92. The molecular weight excluding hydrogens is 216 g/mol. The molecule has 3 aromatic rings. The van der Waals surface area contributed by atoms with Gasteiger partial charge in [-0.05, 0) is 29.1 Å². The Morgan fingerprint density at radius 2 is 2.19 bits per heavy atom. The third kappa shape index (κ3) is 1.70. The second-order valence-corrected chi connectivity index (χ2v) is 4.50. The van der Waals surface area contributed by atoms with Crippen molar-refractivity contribution >= 4 is 27.9 Å². The second-order valence-electron chi connectivity index (χ2n) is 3.72. The predicted octanol–water partition coefficient (Wildman–Crippen LogP) is 3.84. The van der Waals surface area contributed by atoms with E-state index in [1.54, 1.807) is 11.3 Å². The number of rotatable bonds is 3. The Bertz CT molecular complexity index is 581. The summed E-state index contributed by atoms with van der Waals surface area (Å²) in [6, 6.07) is 10.6. The molecule has 2 nitrogen and oxygen atoms in total. The van der Waals surface area contributed by atoms with Crippen LogP contribution >= 0.6 is 11.3 Å². The van der Waals surface area contributed by atoms with E-state index >= 15 is 0 Å². The quantitative estimate of drug-likeness (QED) is 0.700. The SMILES string of the molecule is c1cc(CNc2ccsc2)c2cc[nH]c2c1. The van der Waals surface area contributed by atoms with E-state index < -0.39 is 0 Å². The largest absolute Gasteiger partial charge is 0.380 e. The number of thiophene rings is 1. The molecule has 0 saturated carbocycles. The number of fused-ring (bicyclic) bond motifs is 1. The minimum absolute atomic E-state index is 0.867. The van der Waals surface area contributed by atoms with Gasteiger partial charge >= 0.3 is 0 Å². The summed E-state index contributed by atoms with van der Waals surface area (Å²) in [4.78, 5) is 3.23. The van der Waals surface area contributed by atoms with Gasteiger partial charge in [0.2, 0.25) is 0 Å². The normalized spacial score (nSPS) is 10.8. The van der Waals surface area contributed by atoms with Crippen LogP contribution in [0.5, 0.6) is 0 Å². The van der Waals surface area contributed by atoms with Crippen molar-refractivity contribution in [3.8, 4) is 0 Å². The number of hydrogen-bond donors (Lipinski definition) is 2. The Morgan fingerprint density at radius 1 is 1.19 bits per heavy atom. The minimum Gasteiger partial charge on any atom is -0.380 e. The summed E-state index contributed by atoms with van der Waals surface area (Å²) in [6.07, 6.45) is 1.98. The van der Waals surface area contributed by atoms with Gasteiger partial charge in [0.25, 0.3) is 0 Å². The molecule has 0 amide bonds. The summed E-state index contributed by atoms with van der Waals surface area (Å²) >= 11 is 1.71. The topological polar surface area (TPSA) is 27.8 Å². The summed E-state index contributed by atoms with van der Waals surface area (Å²) < 4.78 is 0. The first kappa shape index (κ1) is 9.48. The van der Waals surface area contributed by atoms with Crippen LogP contribution in [0, 0.1) is 0 Å². The highest BCUT2D eigenvalue weighted by Gasteiger charge is 2.01. The smallest absolute Gasteiger partial charge is 0.0457 e. The monoisotopic (exact) mass is 228 g/mol. The number of aromatic amines is 1. The van der Waals surface area contributed by atoms with Crippen LogP contribution in [-0.2, 0) is 6.54 Å². The first-order valence-corrected chi connectivity index (χ1v) is 6.19. The fraction of sp³-hybridized carbons (Fsp3) is 0.0769. The maximum atomic E-state index is 3.42. The Morgan fingerprint density at radius 3 is 3.06 bits per heavy atom. The summed E-state index contributed by atoms with van der Waals surface area (Å²) in [6.45, 7) is 0.867. The zero-order chi connectivity index (χ0) is 10.8. The summed E-state index contributed by atoms with van der Waals surface area (Å²) in [5.74, 6) is 0. The van der Waals surface area contributed by atoms with Crippen LogP contribution in [0.15, 0.2) is 47.3 Å². The molecule has 2 aromatic heterocycles. The number of hydrogen-bond acceptors (Lipinski definition) is 2. The van der Waals surface area contributed by atoms with Gasteiger partial charge in [0, 0.05) is 34.7 Å². The van der Waals surface area contributed by atoms with Gasteiger partial charge in [-0.2, -0.15) is 11.3 Å². The lowest BCUT2D eigenvalue weighted by Crippen LogP contribution is -1.98. The highest BCUT2D eigenvalue weighted by atomic mass is 32.1.